The van der Waals surface area contributed by atoms with Crippen LogP contribution in [0.4, 0.5) is 8.78 Å². The number of benzene rings is 2. The van der Waals surface area contributed by atoms with E-state index in [9.17, 15) is 18.4 Å². The van der Waals surface area contributed by atoms with E-state index < -0.39 is 29.6 Å². The molecular formula is C17H14BrF2NO3. The highest BCUT2D eigenvalue weighted by Crippen LogP contribution is 2.22. The van der Waals surface area contributed by atoms with Crippen LogP contribution < -0.4 is 5.32 Å². The molecule has 2 rings (SSSR count). The van der Waals surface area contributed by atoms with Crippen LogP contribution >= 0.6 is 15.9 Å². The molecule has 0 saturated heterocycles. The van der Waals surface area contributed by atoms with Crippen LogP contribution in [0.3, 0.4) is 0 Å². The first-order valence-electron chi connectivity index (χ1n) is 6.98. The van der Waals surface area contributed by atoms with Crippen molar-refractivity contribution in [1.82, 2.24) is 5.32 Å². The molecule has 0 aliphatic carbocycles. The Labute approximate surface area is 145 Å². The summed E-state index contributed by atoms with van der Waals surface area (Å²) in [5.74, 6) is -2.92. The molecule has 126 valence electrons. The first-order valence-corrected chi connectivity index (χ1v) is 7.77. The molecule has 7 heteroatoms. The summed E-state index contributed by atoms with van der Waals surface area (Å²) in [7, 11) is 1.24. The maximum Gasteiger partial charge on any atom is 0.307 e. The van der Waals surface area contributed by atoms with Crippen molar-refractivity contribution in [2.24, 2.45) is 0 Å². The van der Waals surface area contributed by atoms with Gasteiger partial charge in [-0.15, -0.1) is 0 Å². The van der Waals surface area contributed by atoms with Crippen LogP contribution in [0, 0.1) is 11.6 Å². The van der Waals surface area contributed by atoms with E-state index in [1.807, 2.05) is 0 Å². The molecule has 1 N–H and O–H groups in total. The number of amides is 1. The van der Waals surface area contributed by atoms with Crippen molar-refractivity contribution >= 4 is 27.8 Å². The molecule has 0 heterocycles. The van der Waals surface area contributed by atoms with Crippen molar-refractivity contribution in [3.05, 3.63) is 69.7 Å². The lowest BCUT2D eigenvalue weighted by Crippen LogP contribution is -2.30. The van der Waals surface area contributed by atoms with Crippen molar-refractivity contribution in [1.29, 1.82) is 0 Å². The smallest absolute Gasteiger partial charge is 0.307 e. The molecule has 1 amide bonds. The summed E-state index contributed by atoms with van der Waals surface area (Å²) < 4.78 is 31.9. The third kappa shape index (κ3) is 4.86. The minimum Gasteiger partial charge on any atom is -0.469 e. The number of rotatable bonds is 5. The molecule has 1 unspecified atom stereocenters. The van der Waals surface area contributed by atoms with Gasteiger partial charge in [0.2, 0.25) is 0 Å². The Hall–Kier alpha value is -2.28. The van der Waals surface area contributed by atoms with Crippen LogP contribution in [0.2, 0.25) is 0 Å². The van der Waals surface area contributed by atoms with E-state index >= 15 is 0 Å². The quantitative estimate of drug-likeness (QED) is 0.781. The molecule has 0 aromatic heterocycles. The van der Waals surface area contributed by atoms with Gasteiger partial charge in [-0.2, -0.15) is 0 Å². The lowest BCUT2D eigenvalue weighted by Gasteiger charge is -2.18. The van der Waals surface area contributed by atoms with Crippen molar-refractivity contribution in [3.8, 4) is 0 Å². The highest BCUT2D eigenvalue weighted by atomic mass is 79.9. The molecule has 0 spiro atoms. The topological polar surface area (TPSA) is 55.4 Å². The monoisotopic (exact) mass is 397 g/mol. The summed E-state index contributed by atoms with van der Waals surface area (Å²) in [6, 6.07) is 8.83. The van der Waals surface area contributed by atoms with Crippen molar-refractivity contribution in [3.63, 3.8) is 0 Å². The average Bonchev–Trinajstić information content (AvgIpc) is 2.53. The van der Waals surface area contributed by atoms with Gasteiger partial charge in [0.15, 0.2) is 0 Å². The highest BCUT2D eigenvalue weighted by molar-refractivity contribution is 9.10. The molecule has 1 atom stereocenters. The van der Waals surface area contributed by atoms with Gasteiger partial charge in [0, 0.05) is 16.1 Å². The fourth-order valence-corrected chi connectivity index (χ4v) is 2.57. The Bertz CT molecular complexity index is 747. The fraction of sp³-hybridized carbons (Fsp3) is 0.176. The van der Waals surface area contributed by atoms with Gasteiger partial charge in [0.1, 0.15) is 11.6 Å². The lowest BCUT2D eigenvalue weighted by molar-refractivity contribution is -0.141. The zero-order chi connectivity index (χ0) is 17.7. The van der Waals surface area contributed by atoms with Gasteiger partial charge in [-0.3, -0.25) is 9.59 Å². The number of nitrogens with one attached hydrogen (secondary N) is 1. The number of carbonyl (C=O) groups excluding carboxylic acids is 2. The first kappa shape index (κ1) is 18.1. The summed E-state index contributed by atoms with van der Waals surface area (Å²) in [4.78, 5) is 23.9. The SMILES string of the molecule is COC(=O)CC(NC(=O)c1cc(F)cc(F)c1)c1cccc(Br)c1. The van der Waals surface area contributed by atoms with Gasteiger partial charge in [-0.1, -0.05) is 28.1 Å². The molecular weight excluding hydrogens is 384 g/mol. The number of hydrogen-bond donors (Lipinski definition) is 1. The zero-order valence-corrected chi connectivity index (χ0v) is 14.3. The minimum atomic E-state index is -0.855. The molecule has 0 aliphatic rings. The lowest BCUT2D eigenvalue weighted by atomic mass is 10.0. The van der Waals surface area contributed by atoms with Crippen molar-refractivity contribution < 1.29 is 23.1 Å². The molecule has 0 fully saturated rings. The van der Waals surface area contributed by atoms with E-state index in [4.69, 9.17) is 0 Å². The Morgan fingerprint density at radius 1 is 1.17 bits per heavy atom. The van der Waals surface area contributed by atoms with E-state index in [0.29, 0.717) is 11.6 Å². The summed E-state index contributed by atoms with van der Waals surface area (Å²) in [5.41, 5.74) is 0.484. The van der Waals surface area contributed by atoms with E-state index in [0.717, 1.165) is 16.6 Å². The van der Waals surface area contributed by atoms with Crippen LogP contribution in [0.1, 0.15) is 28.4 Å². The maximum absolute atomic E-state index is 13.3. The second kappa shape index (κ2) is 8.01. The van der Waals surface area contributed by atoms with Crippen LogP contribution in [0.5, 0.6) is 0 Å². The standard InChI is InChI=1S/C17H14BrF2NO3/c1-24-16(22)9-15(10-3-2-4-12(18)5-10)21-17(23)11-6-13(19)8-14(20)7-11/h2-8,15H,9H2,1H3,(H,21,23). The highest BCUT2D eigenvalue weighted by Gasteiger charge is 2.20. The predicted octanol–water partition coefficient (Wildman–Crippen LogP) is 3.76. The molecule has 2 aromatic rings. The van der Waals surface area contributed by atoms with Gasteiger partial charge >= 0.3 is 5.97 Å². The van der Waals surface area contributed by atoms with Crippen LogP contribution in [0.15, 0.2) is 46.9 Å². The summed E-state index contributed by atoms with van der Waals surface area (Å²) in [6.07, 6.45) is -0.115. The van der Waals surface area contributed by atoms with Gasteiger partial charge in [-0.25, -0.2) is 8.78 Å². The Balaban J connectivity index is 2.27. The number of ether oxygens (including phenoxy) is 1. The van der Waals surface area contributed by atoms with Gasteiger partial charge < -0.3 is 10.1 Å². The predicted molar refractivity (Wildman–Crippen MR) is 87.3 cm³/mol. The van der Waals surface area contributed by atoms with E-state index in [-0.39, 0.29) is 12.0 Å². The normalized spacial score (nSPS) is 11.7. The van der Waals surface area contributed by atoms with E-state index in [2.05, 4.69) is 26.0 Å². The van der Waals surface area contributed by atoms with E-state index in [1.54, 1.807) is 24.3 Å². The molecule has 4 nitrogen and oxygen atoms in total. The molecule has 24 heavy (non-hydrogen) atoms. The second-order valence-electron chi connectivity index (χ2n) is 5.02. The minimum absolute atomic E-state index is 0.115. The first-order chi connectivity index (χ1) is 11.4. The Kier molecular flexibility index (Phi) is 6.03. The number of methoxy groups -OCH3 is 1. The molecule has 0 bridgehead atoms. The molecule has 0 saturated carbocycles. The zero-order valence-electron chi connectivity index (χ0n) is 12.7. The average molecular weight is 398 g/mol. The van der Waals surface area contributed by atoms with E-state index in [1.165, 1.54) is 7.11 Å². The number of hydrogen-bond acceptors (Lipinski definition) is 3. The molecule has 0 aliphatic heterocycles. The number of carbonyl (C=O) groups is 2. The van der Waals surface area contributed by atoms with Gasteiger partial charge in [0.25, 0.3) is 5.91 Å². The fourth-order valence-electron chi connectivity index (χ4n) is 2.15. The largest absolute Gasteiger partial charge is 0.469 e. The Morgan fingerprint density at radius 2 is 1.83 bits per heavy atom. The van der Waals surface area contributed by atoms with Gasteiger partial charge in [0.05, 0.1) is 19.6 Å². The van der Waals surface area contributed by atoms with Gasteiger partial charge in [-0.05, 0) is 29.8 Å². The van der Waals surface area contributed by atoms with Crippen LogP contribution in [-0.2, 0) is 9.53 Å². The number of halogens is 3. The third-order valence-electron chi connectivity index (χ3n) is 3.28. The summed E-state index contributed by atoms with van der Waals surface area (Å²) in [6.45, 7) is 0. The van der Waals surface area contributed by atoms with Crippen molar-refractivity contribution in [2.75, 3.05) is 7.11 Å². The maximum atomic E-state index is 13.3. The van der Waals surface area contributed by atoms with Crippen LogP contribution in [-0.4, -0.2) is 19.0 Å². The second-order valence-corrected chi connectivity index (χ2v) is 5.94. The summed E-state index contributed by atoms with van der Waals surface area (Å²) >= 11 is 3.32. The number of esters is 1. The summed E-state index contributed by atoms with van der Waals surface area (Å²) in [5, 5.41) is 2.60. The molecule has 2 aromatic carbocycles. The van der Waals surface area contributed by atoms with Crippen molar-refractivity contribution in [2.45, 2.75) is 12.5 Å². The third-order valence-corrected chi connectivity index (χ3v) is 3.77. The van der Waals surface area contributed by atoms with Crippen LogP contribution in [0.25, 0.3) is 0 Å². The Morgan fingerprint density at radius 3 is 2.42 bits per heavy atom. The molecule has 0 radical (unpaired) electrons.